The highest BCUT2D eigenvalue weighted by Crippen LogP contribution is 2.20. The average molecular weight is 333 g/mol. The van der Waals surface area contributed by atoms with Gasteiger partial charge in [0.15, 0.2) is 11.5 Å². The lowest BCUT2D eigenvalue weighted by Gasteiger charge is -2.05. The molecule has 1 amide bonds. The highest BCUT2D eigenvalue weighted by atomic mass is 16.5. The van der Waals surface area contributed by atoms with Gasteiger partial charge in [0.2, 0.25) is 0 Å². The van der Waals surface area contributed by atoms with Gasteiger partial charge < -0.3 is 9.84 Å². The van der Waals surface area contributed by atoms with Crippen LogP contribution in [0.2, 0.25) is 0 Å². The molecule has 0 radical (unpaired) electrons. The van der Waals surface area contributed by atoms with Crippen LogP contribution in [-0.4, -0.2) is 36.3 Å². The molecule has 1 N–H and O–H groups in total. The normalized spacial score (nSPS) is 10.6. The van der Waals surface area contributed by atoms with Crippen LogP contribution in [0.15, 0.2) is 65.7 Å². The molecule has 0 saturated carbocycles. The SMILES string of the molecule is O=C(Nc1cccc(-n2cnnn2)c1)c1cc(-c2cccnc2)on1. The predicted molar refractivity (Wildman–Crippen MR) is 86.8 cm³/mol. The van der Waals surface area contributed by atoms with Gasteiger partial charge in [-0.2, -0.15) is 0 Å². The van der Waals surface area contributed by atoms with E-state index in [-0.39, 0.29) is 11.6 Å². The second-order valence-corrected chi connectivity index (χ2v) is 5.08. The number of carbonyl (C=O) groups is 1. The van der Waals surface area contributed by atoms with Crippen LogP contribution < -0.4 is 5.32 Å². The third-order valence-electron chi connectivity index (χ3n) is 3.41. The van der Waals surface area contributed by atoms with Gasteiger partial charge >= 0.3 is 0 Å². The average Bonchev–Trinajstić information content (AvgIpc) is 3.35. The number of nitrogens with zero attached hydrogens (tertiary/aromatic N) is 6. The van der Waals surface area contributed by atoms with Crippen LogP contribution in [-0.2, 0) is 0 Å². The zero-order valence-electron chi connectivity index (χ0n) is 12.8. The fourth-order valence-corrected chi connectivity index (χ4v) is 2.23. The first kappa shape index (κ1) is 14.7. The molecule has 0 unspecified atom stereocenters. The molecule has 9 heteroatoms. The van der Waals surface area contributed by atoms with Gasteiger partial charge in [-0.3, -0.25) is 9.78 Å². The van der Waals surface area contributed by atoms with Crippen LogP contribution in [0, 0.1) is 0 Å². The lowest BCUT2D eigenvalue weighted by molar-refractivity contribution is 0.101. The third kappa shape index (κ3) is 3.11. The maximum absolute atomic E-state index is 12.4. The van der Waals surface area contributed by atoms with E-state index >= 15 is 0 Å². The molecular weight excluding hydrogens is 322 g/mol. The number of aromatic nitrogens is 6. The Hall–Kier alpha value is -3.88. The first-order valence-electron chi connectivity index (χ1n) is 7.31. The molecule has 0 spiro atoms. The van der Waals surface area contributed by atoms with E-state index in [1.165, 1.54) is 11.0 Å². The Morgan fingerprint density at radius 2 is 2.12 bits per heavy atom. The Balaban J connectivity index is 1.53. The number of pyridine rings is 1. The second-order valence-electron chi connectivity index (χ2n) is 5.08. The van der Waals surface area contributed by atoms with Crippen molar-refractivity contribution in [2.75, 3.05) is 5.32 Å². The molecule has 9 nitrogen and oxygen atoms in total. The molecule has 0 aliphatic heterocycles. The van der Waals surface area contributed by atoms with E-state index in [1.807, 2.05) is 12.1 Å². The number of amides is 1. The molecule has 0 saturated heterocycles. The monoisotopic (exact) mass is 333 g/mol. The number of tetrazole rings is 1. The van der Waals surface area contributed by atoms with Crippen LogP contribution in [0.1, 0.15) is 10.5 Å². The van der Waals surface area contributed by atoms with Gasteiger partial charge in [-0.1, -0.05) is 11.2 Å². The van der Waals surface area contributed by atoms with E-state index < -0.39 is 0 Å². The molecule has 3 heterocycles. The van der Waals surface area contributed by atoms with Crippen LogP contribution >= 0.6 is 0 Å². The smallest absolute Gasteiger partial charge is 0.277 e. The number of benzene rings is 1. The van der Waals surface area contributed by atoms with Crippen molar-refractivity contribution in [2.24, 2.45) is 0 Å². The van der Waals surface area contributed by atoms with Crippen molar-refractivity contribution in [1.29, 1.82) is 0 Å². The van der Waals surface area contributed by atoms with E-state index in [0.29, 0.717) is 11.4 Å². The molecule has 0 aliphatic rings. The van der Waals surface area contributed by atoms with Gasteiger partial charge in [0.05, 0.1) is 5.69 Å². The summed E-state index contributed by atoms with van der Waals surface area (Å²) < 4.78 is 6.70. The summed E-state index contributed by atoms with van der Waals surface area (Å²) in [6.07, 6.45) is 4.77. The van der Waals surface area contributed by atoms with Crippen LogP contribution in [0.25, 0.3) is 17.0 Å². The molecule has 0 aliphatic carbocycles. The van der Waals surface area contributed by atoms with Gasteiger partial charge in [-0.15, -0.1) is 5.10 Å². The van der Waals surface area contributed by atoms with Crippen molar-refractivity contribution in [1.82, 2.24) is 30.3 Å². The van der Waals surface area contributed by atoms with Crippen LogP contribution in [0.5, 0.6) is 0 Å². The Bertz CT molecular complexity index is 996. The topological polar surface area (TPSA) is 112 Å². The van der Waals surface area contributed by atoms with E-state index in [1.54, 1.807) is 42.7 Å². The molecule has 4 aromatic rings. The van der Waals surface area contributed by atoms with E-state index in [2.05, 4.69) is 31.0 Å². The summed E-state index contributed by atoms with van der Waals surface area (Å²) in [6, 6.07) is 12.3. The number of hydrogen-bond donors (Lipinski definition) is 1. The van der Waals surface area contributed by atoms with Crippen molar-refractivity contribution in [3.8, 4) is 17.0 Å². The highest BCUT2D eigenvalue weighted by Gasteiger charge is 2.14. The zero-order valence-corrected chi connectivity index (χ0v) is 12.8. The largest absolute Gasteiger partial charge is 0.355 e. The number of carbonyl (C=O) groups excluding carboxylic acids is 1. The van der Waals surface area contributed by atoms with Crippen molar-refractivity contribution in [3.63, 3.8) is 0 Å². The summed E-state index contributed by atoms with van der Waals surface area (Å²) in [5.41, 5.74) is 2.23. The standard InChI is InChI=1S/C16H11N7O2/c24-16(14-8-15(25-20-14)11-3-2-6-17-9-11)19-12-4-1-5-13(7-12)23-10-18-21-22-23/h1-10H,(H,19,24). The summed E-state index contributed by atoms with van der Waals surface area (Å²) in [4.78, 5) is 16.4. The van der Waals surface area contributed by atoms with E-state index in [0.717, 1.165) is 11.3 Å². The Kier molecular flexibility index (Phi) is 3.71. The maximum atomic E-state index is 12.4. The van der Waals surface area contributed by atoms with Crippen molar-refractivity contribution in [2.45, 2.75) is 0 Å². The number of anilines is 1. The molecule has 4 rings (SSSR count). The van der Waals surface area contributed by atoms with Gasteiger partial charge in [0.25, 0.3) is 5.91 Å². The van der Waals surface area contributed by atoms with E-state index in [9.17, 15) is 4.79 Å². The number of nitrogens with one attached hydrogen (secondary N) is 1. The minimum absolute atomic E-state index is 0.173. The Morgan fingerprint density at radius 3 is 2.92 bits per heavy atom. The Labute approximate surface area is 141 Å². The summed E-state index contributed by atoms with van der Waals surface area (Å²) in [5.74, 6) is 0.0912. The van der Waals surface area contributed by atoms with Gasteiger partial charge in [0, 0.05) is 29.7 Å². The first-order valence-corrected chi connectivity index (χ1v) is 7.31. The molecule has 3 aromatic heterocycles. The predicted octanol–water partition coefficient (Wildman–Crippen LogP) is 1.96. The second kappa shape index (κ2) is 6.32. The zero-order chi connectivity index (χ0) is 17.1. The summed E-state index contributed by atoms with van der Waals surface area (Å²) in [5, 5.41) is 17.6. The molecular formula is C16H11N7O2. The van der Waals surface area contributed by atoms with Crippen LogP contribution in [0.3, 0.4) is 0 Å². The Morgan fingerprint density at radius 1 is 1.16 bits per heavy atom. The van der Waals surface area contributed by atoms with Gasteiger partial charge in [-0.05, 0) is 40.8 Å². The fourth-order valence-electron chi connectivity index (χ4n) is 2.23. The number of hydrogen-bond acceptors (Lipinski definition) is 7. The molecule has 0 bridgehead atoms. The quantitative estimate of drug-likeness (QED) is 0.607. The summed E-state index contributed by atoms with van der Waals surface area (Å²) >= 11 is 0. The van der Waals surface area contributed by atoms with E-state index in [4.69, 9.17) is 4.52 Å². The van der Waals surface area contributed by atoms with Gasteiger partial charge in [-0.25, -0.2) is 4.68 Å². The van der Waals surface area contributed by atoms with Crippen molar-refractivity contribution in [3.05, 3.63) is 66.9 Å². The maximum Gasteiger partial charge on any atom is 0.277 e. The molecule has 0 atom stereocenters. The lowest BCUT2D eigenvalue weighted by atomic mass is 10.2. The van der Waals surface area contributed by atoms with Gasteiger partial charge in [0.1, 0.15) is 6.33 Å². The van der Waals surface area contributed by atoms with Crippen molar-refractivity contribution >= 4 is 11.6 Å². The molecule has 25 heavy (non-hydrogen) atoms. The number of rotatable bonds is 4. The summed E-state index contributed by atoms with van der Waals surface area (Å²) in [6.45, 7) is 0. The summed E-state index contributed by atoms with van der Waals surface area (Å²) in [7, 11) is 0. The molecule has 0 fully saturated rings. The lowest BCUT2D eigenvalue weighted by Crippen LogP contribution is -2.12. The minimum Gasteiger partial charge on any atom is -0.355 e. The van der Waals surface area contributed by atoms with Crippen LogP contribution in [0.4, 0.5) is 5.69 Å². The van der Waals surface area contributed by atoms with Crippen molar-refractivity contribution < 1.29 is 9.32 Å². The molecule has 1 aromatic carbocycles. The first-order chi connectivity index (χ1) is 12.3. The fraction of sp³-hybridized carbons (Fsp3) is 0. The minimum atomic E-state index is -0.382. The third-order valence-corrected chi connectivity index (χ3v) is 3.41. The molecule has 122 valence electrons. The highest BCUT2D eigenvalue weighted by molar-refractivity contribution is 6.03.